The third kappa shape index (κ3) is 26.2. The van der Waals surface area contributed by atoms with Crippen molar-refractivity contribution in [2.24, 2.45) is 0 Å². The molecule has 0 amide bonds. The molecular formula is C31H61NO4. The molecule has 0 heterocycles. The van der Waals surface area contributed by atoms with Gasteiger partial charge in [0.1, 0.15) is 0 Å². The summed E-state index contributed by atoms with van der Waals surface area (Å²) in [5.41, 5.74) is 0. The van der Waals surface area contributed by atoms with Crippen LogP contribution in [0.1, 0.15) is 129 Å². The normalized spacial score (nSPS) is 12.6. The van der Waals surface area contributed by atoms with Crippen LogP contribution in [0.2, 0.25) is 0 Å². The first-order valence-electron chi connectivity index (χ1n) is 15.2. The molecule has 5 nitrogen and oxygen atoms in total. The third-order valence-corrected chi connectivity index (χ3v) is 6.80. The van der Waals surface area contributed by atoms with Gasteiger partial charge in [0.2, 0.25) is 0 Å². The second-order valence-corrected chi connectivity index (χ2v) is 10.4. The van der Waals surface area contributed by atoms with E-state index in [1.54, 1.807) is 0 Å². The Hall–Kier alpha value is -0.910. The van der Waals surface area contributed by atoms with Gasteiger partial charge in [-0.05, 0) is 59.0 Å². The Morgan fingerprint density at radius 3 is 1.58 bits per heavy atom. The first-order valence-corrected chi connectivity index (χ1v) is 15.2. The molecule has 0 spiro atoms. The van der Waals surface area contributed by atoms with Gasteiger partial charge in [-0.25, -0.2) is 0 Å². The lowest BCUT2D eigenvalue weighted by Crippen LogP contribution is -2.37. The van der Waals surface area contributed by atoms with Crippen LogP contribution in [0.3, 0.4) is 0 Å². The van der Waals surface area contributed by atoms with Crippen molar-refractivity contribution in [2.75, 3.05) is 47.6 Å². The quantitative estimate of drug-likeness (QED) is 0.0603. The van der Waals surface area contributed by atoms with E-state index >= 15 is 0 Å². The zero-order valence-electron chi connectivity index (χ0n) is 24.6. The summed E-state index contributed by atoms with van der Waals surface area (Å²) in [6.45, 7) is 5.55. The van der Waals surface area contributed by atoms with Gasteiger partial charge >= 0.3 is 5.97 Å². The predicted octanol–water partition coefficient (Wildman–Crippen LogP) is 8.11. The Morgan fingerprint density at radius 1 is 0.667 bits per heavy atom. The highest BCUT2D eigenvalue weighted by atomic mass is 16.5. The van der Waals surface area contributed by atoms with Crippen molar-refractivity contribution in [1.82, 2.24) is 4.90 Å². The van der Waals surface area contributed by atoms with E-state index in [0.717, 1.165) is 52.1 Å². The monoisotopic (exact) mass is 511 g/mol. The summed E-state index contributed by atoms with van der Waals surface area (Å²) < 4.78 is 16.5. The van der Waals surface area contributed by atoms with E-state index in [1.807, 2.05) is 0 Å². The number of carbonyl (C=O) groups is 1. The largest absolute Gasteiger partial charge is 0.469 e. The van der Waals surface area contributed by atoms with Crippen LogP contribution in [-0.2, 0) is 19.0 Å². The highest BCUT2D eigenvalue weighted by Crippen LogP contribution is 2.10. The smallest absolute Gasteiger partial charge is 0.305 e. The van der Waals surface area contributed by atoms with Gasteiger partial charge in [0.05, 0.1) is 26.4 Å². The number of unbranched alkanes of at least 4 members (excludes halogenated alkanes) is 15. The van der Waals surface area contributed by atoms with Crippen LogP contribution in [0, 0.1) is 0 Å². The number of likely N-dealkylation sites (N-methyl/N-ethyl adjacent to an activating group) is 1. The minimum atomic E-state index is -0.0866. The average Bonchev–Trinajstić information content (AvgIpc) is 2.87. The zero-order valence-corrected chi connectivity index (χ0v) is 24.6. The van der Waals surface area contributed by atoms with Crippen LogP contribution >= 0.6 is 0 Å². The number of hydrogen-bond acceptors (Lipinski definition) is 5. The number of methoxy groups -OCH3 is 1. The van der Waals surface area contributed by atoms with E-state index in [9.17, 15) is 4.79 Å². The number of ether oxygens (including phenoxy) is 3. The first kappa shape index (κ1) is 35.1. The summed E-state index contributed by atoms with van der Waals surface area (Å²) in [4.78, 5) is 13.3. The number of allylic oxidation sites excluding steroid dienone is 2. The average molecular weight is 512 g/mol. The van der Waals surface area contributed by atoms with Gasteiger partial charge in [-0.3, -0.25) is 4.79 Å². The summed E-state index contributed by atoms with van der Waals surface area (Å²) >= 11 is 0. The zero-order chi connectivity index (χ0) is 26.5. The second kappa shape index (κ2) is 28.7. The lowest BCUT2D eigenvalue weighted by Gasteiger charge is -2.24. The Bertz CT molecular complexity index is 481. The van der Waals surface area contributed by atoms with Gasteiger partial charge in [-0.1, -0.05) is 89.7 Å². The maximum atomic E-state index is 11.0. The molecule has 0 aliphatic heterocycles. The van der Waals surface area contributed by atoms with Gasteiger partial charge < -0.3 is 19.1 Å². The van der Waals surface area contributed by atoms with Gasteiger partial charge in [0, 0.05) is 19.6 Å². The van der Waals surface area contributed by atoms with Gasteiger partial charge in [-0.15, -0.1) is 0 Å². The fourth-order valence-corrected chi connectivity index (χ4v) is 4.17. The van der Waals surface area contributed by atoms with Crippen LogP contribution < -0.4 is 0 Å². The maximum Gasteiger partial charge on any atom is 0.305 e. The number of hydrogen-bond donors (Lipinski definition) is 0. The molecule has 0 aromatic carbocycles. The Kier molecular flexibility index (Phi) is 27.9. The number of carbonyl (C=O) groups excluding carboxylic acids is 1. The molecule has 5 heteroatoms. The van der Waals surface area contributed by atoms with Crippen LogP contribution in [0.4, 0.5) is 0 Å². The number of nitrogens with zero attached hydrogens (tertiary/aromatic N) is 1. The SMILES string of the molecule is CCCCCCCCOCC(COCCCCCCCC/C=C\CCCCCCC(=O)OC)N(C)C. The van der Waals surface area contributed by atoms with Crippen LogP contribution in [0.15, 0.2) is 12.2 Å². The topological polar surface area (TPSA) is 48.0 Å². The highest BCUT2D eigenvalue weighted by Gasteiger charge is 2.11. The molecule has 36 heavy (non-hydrogen) atoms. The van der Waals surface area contributed by atoms with E-state index in [4.69, 9.17) is 9.47 Å². The predicted molar refractivity (Wildman–Crippen MR) is 154 cm³/mol. The fraction of sp³-hybridized carbons (Fsp3) is 0.903. The molecule has 0 radical (unpaired) electrons. The van der Waals surface area contributed by atoms with Crippen molar-refractivity contribution in [1.29, 1.82) is 0 Å². The highest BCUT2D eigenvalue weighted by molar-refractivity contribution is 5.68. The van der Waals surface area contributed by atoms with E-state index < -0.39 is 0 Å². The Balaban J connectivity index is 3.41. The van der Waals surface area contributed by atoms with Crippen molar-refractivity contribution < 1.29 is 19.0 Å². The maximum absolute atomic E-state index is 11.0. The molecule has 0 bridgehead atoms. The minimum absolute atomic E-state index is 0.0866. The molecule has 1 atom stereocenters. The van der Waals surface area contributed by atoms with Gasteiger partial charge in [-0.2, -0.15) is 0 Å². The molecule has 0 aliphatic carbocycles. The van der Waals surface area contributed by atoms with E-state index in [2.05, 4.69) is 42.8 Å². The minimum Gasteiger partial charge on any atom is -0.469 e. The summed E-state index contributed by atoms with van der Waals surface area (Å²) in [6.07, 6.45) is 27.7. The van der Waals surface area contributed by atoms with E-state index in [1.165, 1.54) is 97.0 Å². The lowest BCUT2D eigenvalue weighted by molar-refractivity contribution is -0.140. The summed E-state index contributed by atoms with van der Waals surface area (Å²) in [5.74, 6) is -0.0866. The summed E-state index contributed by atoms with van der Waals surface area (Å²) in [5, 5.41) is 0. The first-order chi connectivity index (χ1) is 17.6. The van der Waals surface area contributed by atoms with Crippen LogP contribution in [0.5, 0.6) is 0 Å². The van der Waals surface area contributed by atoms with Crippen LogP contribution in [-0.4, -0.2) is 64.5 Å². The molecule has 0 fully saturated rings. The number of esters is 1. The third-order valence-electron chi connectivity index (χ3n) is 6.80. The molecule has 0 aliphatic rings. The molecule has 0 saturated heterocycles. The van der Waals surface area contributed by atoms with Gasteiger partial charge in [0.15, 0.2) is 0 Å². The molecule has 0 aromatic rings. The Morgan fingerprint density at radius 2 is 1.11 bits per heavy atom. The molecule has 0 rings (SSSR count). The molecule has 0 N–H and O–H groups in total. The second-order valence-electron chi connectivity index (χ2n) is 10.4. The van der Waals surface area contributed by atoms with Crippen LogP contribution in [0.25, 0.3) is 0 Å². The fourth-order valence-electron chi connectivity index (χ4n) is 4.17. The number of rotatable bonds is 28. The van der Waals surface area contributed by atoms with Crippen molar-refractivity contribution >= 4 is 5.97 Å². The molecule has 0 saturated carbocycles. The van der Waals surface area contributed by atoms with E-state index in [-0.39, 0.29) is 5.97 Å². The summed E-state index contributed by atoms with van der Waals surface area (Å²) in [6, 6.07) is 0.352. The lowest BCUT2D eigenvalue weighted by atomic mass is 10.1. The standard InChI is InChI=1S/C31H61NO4/c1-5-6-7-8-20-23-26-35-28-30(32(2)3)29-36-27-24-21-18-16-14-12-10-9-11-13-15-17-19-22-25-31(33)34-4/h9,11,30H,5-8,10,12-29H2,1-4H3/b11-9-. The van der Waals surface area contributed by atoms with Crippen molar-refractivity contribution in [3.63, 3.8) is 0 Å². The Labute approximate surface area is 224 Å². The van der Waals surface area contributed by atoms with Crippen molar-refractivity contribution in [3.05, 3.63) is 12.2 Å². The molecular weight excluding hydrogens is 450 g/mol. The van der Waals surface area contributed by atoms with Crippen molar-refractivity contribution in [3.8, 4) is 0 Å². The molecule has 214 valence electrons. The molecule has 0 aromatic heterocycles. The van der Waals surface area contributed by atoms with E-state index in [0.29, 0.717) is 12.5 Å². The van der Waals surface area contributed by atoms with Crippen molar-refractivity contribution in [2.45, 2.75) is 135 Å². The van der Waals surface area contributed by atoms with Gasteiger partial charge in [0.25, 0.3) is 0 Å². The summed E-state index contributed by atoms with van der Waals surface area (Å²) in [7, 11) is 5.69. The molecule has 1 unspecified atom stereocenters.